The Morgan fingerprint density at radius 2 is 1.14 bits per heavy atom. The standard InChI is InChI=1S/C40H59NO10/c1-23-12-14-31-25(3)33(44-35-39(31)29(23)16-18-37(5,46-35)48-50-39)42-21-28(41-20-27-10-8-7-9-11-27)22-43-34-26(4)32-15-13-24(2)30-17-19-38(6)47-36(45-34)40(30,32)51-49-38/h7-11,23-26,28-36,41H,12-22H2,1-6H3/t23-,24-,25-,26-,28?,29+,30+,31+,32+,33+,34+,35-,36?,37-,38-,39-,40-/m1/s1. The summed E-state index contributed by atoms with van der Waals surface area (Å²) in [5.41, 5.74) is -0.0374. The fraction of sp³-hybridized carbons (Fsp3) is 0.850. The smallest absolute Gasteiger partial charge is 0.201 e. The molecule has 17 atom stereocenters. The van der Waals surface area contributed by atoms with Gasteiger partial charge in [-0.05, 0) is 81.6 Å². The Morgan fingerprint density at radius 1 is 0.647 bits per heavy atom. The highest BCUT2D eigenvalue weighted by Gasteiger charge is 2.71. The van der Waals surface area contributed by atoms with Crippen LogP contribution in [0.5, 0.6) is 0 Å². The first-order chi connectivity index (χ1) is 24.5. The highest BCUT2D eigenvalue weighted by Crippen LogP contribution is 2.62. The third kappa shape index (κ3) is 5.79. The van der Waals surface area contributed by atoms with Gasteiger partial charge in [-0.2, -0.15) is 0 Å². The minimum Gasteiger partial charge on any atom is -0.351 e. The van der Waals surface area contributed by atoms with Gasteiger partial charge in [0.2, 0.25) is 11.6 Å². The van der Waals surface area contributed by atoms with Gasteiger partial charge in [-0.15, -0.1) is 0 Å². The number of rotatable bonds is 9. The maximum absolute atomic E-state index is 6.76. The van der Waals surface area contributed by atoms with Crippen LogP contribution in [0.2, 0.25) is 0 Å². The van der Waals surface area contributed by atoms with E-state index in [0.29, 0.717) is 43.4 Å². The second kappa shape index (κ2) is 13.2. The molecule has 1 aromatic carbocycles. The van der Waals surface area contributed by atoms with Crippen molar-refractivity contribution in [2.75, 3.05) is 13.2 Å². The van der Waals surface area contributed by atoms with E-state index in [0.717, 1.165) is 51.4 Å². The van der Waals surface area contributed by atoms with E-state index in [2.05, 4.69) is 57.3 Å². The zero-order valence-electron chi connectivity index (χ0n) is 31.3. The average Bonchev–Trinajstić information content (AvgIpc) is 3.50. The maximum Gasteiger partial charge on any atom is 0.201 e. The van der Waals surface area contributed by atoms with Crippen molar-refractivity contribution in [2.24, 2.45) is 47.3 Å². The molecule has 8 saturated heterocycles. The lowest BCUT2D eigenvalue weighted by atomic mass is 9.58. The zero-order chi connectivity index (χ0) is 35.2. The van der Waals surface area contributed by atoms with Crippen LogP contribution in [-0.2, 0) is 54.5 Å². The zero-order valence-corrected chi connectivity index (χ0v) is 31.3. The van der Waals surface area contributed by atoms with Crippen LogP contribution in [0, 0.1) is 47.3 Å². The number of nitrogens with one attached hydrogen (secondary N) is 1. The summed E-state index contributed by atoms with van der Waals surface area (Å²) in [6.07, 6.45) is 5.93. The topological polar surface area (TPSA) is 104 Å². The van der Waals surface area contributed by atoms with E-state index in [9.17, 15) is 0 Å². The molecule has 8 heterocycles. The van der Waals surface area contributed by atoms with Gasteiger partial charge in [0.25, 0.3) is 0 Å². The molecule has 51 heavy (non-hydrogen) atoms. The minimum atomic E-state index is -0.822. The van der Waals surface area contributed by atoms with Gasteiger partial charge in [0.05, 0.1) is 19.3 Å². The molecular formula is C40H59NO10. The molecule has 10 aliphatic rings. The van der Waals surface area contributed by atoms with Crippen LogP contribution in [0.25, 0.3) is 0 Å². The highest BCUT2D eigenvalue weighted by molar-refractivity contribution is 5.15. The van der Waals surface area contributed by atoms with Gasteiger partial charge in [0.15, 0.2) is 36.4 Å². The summed E-state index contributed by atoms with van der Waals surface area (Å²) in [4.78, 5) is 24.8. The number of benzene rings is 1. The fourth-order valence-corrected chi connectivity index (χ4v) is 11.6. The summed E-state index contributed by atoms with van der Waals surface area (Å²) < 4.78 is 40.2. The van der Waals surface area contributed by atoms with E-state index in [4.69, 9.17) is 48.0 Å². The van der Waals surface area contributed by atoms with Crippen LogP contribution in [0.4, 0.5) is 0 Å². The SMILES string of the molecule is C[C@H]1[C@@H](OCC(CO[C@H]2O[C@@H]3O[C@@]4(C)CC[C@H]5[C@H](C)CC[C@@H]([C@H]2C)[C@@]35OO4)NCc2ccccc2)OC2O[C@@]3(C)CC[C@H]4[C@H](C)CC[C@@H]1[C@@]24OO3. The molecule has 2 unspecified atom stereocenters. The first-order valence-corrected chi connectivity index (χ1v) is 19.9. The summed E-state index contributed by atoms with van der Waals surface area (Å²) in [5, 5.41) is 3.73. The van der Waals surface area contributed by atoms with Crippen LogP contribution in [0.1, 0.15) is 98.5 Å². The molecule has 0 radical (unpaired) electrons. The molecule has 2 spiro atoms. The van der Waals surface area contributed by atoms with Gasteiger partial charge in [0.1, 0.15) is 0 Å². The number of fused-ring (bicyclic) bond motifs is 4. The van der Waals surface area contributed by atoms with Crippen LogP contribution in [0.15, 0.2) is 30.3 Å². The minimum absolute atomic E-state index is 0.0903. The lowest BCUT2D eigenvalue weighted by Crippen LogP contribution is -2.70. The van der Waals surface area contributed by atoms with Gasteiger partial charge in [0, 0.05) is 43.1 Å². The molecule has 2 saturated carbocycles. The van der Waals surface area contributed by atoms with Crippen molar-refractivity contribution in [3.8, 4) is 0 Å². The van der Waals surface area contributed by atoms with E-state index in [-0.39, 0.29) is 29.7 Å². The Kier molecular flexibility index (Phi) is 9.20. The van der Waals surface area contributed by atoms with Crippen molar-refractivity contribution < 1.29 is 48.0 Å². The van der Waals surface area contributed by atoms with Crippen molar-refractivity contribution in [3.63, 3.8) is 0 Å². The van der Waals surface area contributed by atoms with E-state index in [1.165, 1.54) is 5.56 Å². The molecule has 284 valence electrons. The van der Waals surface area contributed by atoms with Crippen molar-refractivity contribution >= 4 is 0 Å². The quantitative estimate of drug-likeness (QED) is 0.280. The normalized spacial score (nSPS) is 52.0. The van der Waals surface area contributed by atoms with Gasteiger partial charge < -0.3 is 33.7 Å². The summed E-state index contributed by atoms with van der Waals surface area (Å²) >= 11 is 0. The molecule has 0 aromatic heterocycles. The third-order valence-corrected chi connectivity index (χ3v) is 14.6. The van der Waals surface area contributed by atoms with Crippen LogP contribution < -0.4 is 5.32 Å². The molecule has 2 aliphatic carbocycles. The molecule has 4 bridgehead atoms. The molecule has 10 fully saturated rings. The Morgan fingerprint density at radius 3 is 1.63 bits per heavy atom. The maximum atomic E-state index is 6.76. The predicted octanol–water partition coefficient (Wildman–Crippen LogP) is 6.59. The third-order valence-electron chi connectivity index (χ3n) is 14.6. The van der Waals surface area contributed by atoms with Crippen molar-refractivity contribution in [1.82, 2.24) is 5.32 Å². The Balaban J connectivity index is 0.914. The highest BCUT2D eigenvalue weighted by atomic mass is 17.3. The predicted molar refractivity (Wildman–Crippen MR) is 183 cm³/mol. The monoisotopic (exact) mass is 713 g/mol. The van der Waals surface area contributed by atoms with Crippen LogP contribution in [-0.4, -0.2) is 67.2 Å². The van der Waals surface area contributed by atoms with Crippen LogP contribution in [0.3, 0.4) is 0 Å². The average molecular weight is 714 g/mol. The summed E-state index contributed by atoms with van der Waals surface area (Å²) in [5.74, 6) is 0.584. The van der Waals surface area contributed by atoms with Gasteiger partial charge in [-0.25, -0.2) is 19.6 Å². The fourth-order valence-electron chi connectivity index (χ4n) is 11.6. The first kappa shape index (κ1) is 35.5. The summed E-state index contributed by atoms with van der Waals surface area (Å²) in [6.45, 7) is 14.5. The Labute approximate surface area is 302 Å². The van der Waals surface area contributed by atoms with E-state index in [1.807, 2.05) is 19.9 Å². The van der Waals surface area contributed by atoms with Crippen molar-refractivity contribution in [3.05, 3.63) is 35.9 Å². The van der Waals surface area contributed by atoms with Crippen LogP contribution >= 0.6 is 0 Å². The van der Waals surface area contributed by atoms with E-state index >= 15 is 0 Å². The lowest BCUT2D eigenvalue weighted by molar-refractivity contribution is -0.577. The number of ether oxygens (including phenoxy) is 6. The second-order valence-electron chi connectivity index (χ2n) is 17.8. The summed E-state index contributed by atoms with van der Waals surface area (Å²) in [7, 11) is 0. The lowest BCUT2D eigenvalue weighted by Gasteiger charge is -2.60. The van der Waals surface area contributed by atoms with Crippen molar-refractivity contribution in [1.29, 1.82) is 0 Å². The van der Waals surface area contributed by atoms with Gasteiger partial charge >= 0.3 is 0 Å². The Hall–Kier alpha value is -1.22. The first-order valence-electron chi connectivity index (χ1n) is 19.9. The van der Waals surface area contributed by atoms with Gasteiger partial charge in [-0.1, -0.05) is 58.0 Å². The molecule has 1 N–H and O–H groups in total. The number of hydrogen-bond acceptors (Lipinski definition) is 11. The largest absolute Gasteiger partial charge is 0.351 e. The molecular weight excluding hydrogens is 654 g/mol. The molecule has 11 heteroatoms. The molecule has 0 amide bonds. The molecule has 1 aromatic rings. The second-order valence-corrected chi connectivity index (χ2v) is 17.8. The van der Waals surface area contributed by atoms with E-state index < -0.39 is 47.9 Å². The summed E-state index contributed by atoms with van der Waals surface area (Å²) in [6, 6.07) is 10.3. The molecule has 11 rings (SSSR count). The number of hydrogen-bond donors (Lipinski definition) is 1. The van der Waals surface area contributed by atoms with Crippen molar-refractivity contribution in [2.45, 2.75) is 153 Å². The van der Waals surface area contributed by atoms with Gasteiger partial charge in [-0.3, -0.25) is 0 Å². The Bertz CT molecular complexity index is 1320. The van der Waals surface area contributed by atoms with E-state index in [1.54, 1.807) is 0 Å². The molecule has 8 aliphatic heterocycles. The molecule has 11 nitrogen and oxygen atoms in total.